The first-order valence-corrected chi connectivity index (χ1v) is 5.64. The number of hydrogen-bond acceptors (Lipinski definition) is 5. The lowest BCUT2D eigenvalue weighted by Crippen LogP contribution is -2.22. The van der Waals surface area contributed by atoms with Gasteiger partial charge < -0.3 is 4.74 Å². The number of ether oxygens (including phenoxy) is 1. The molecule has 0 saturated carbocycles. The van der Waals surface area contributed by atoms with Crippen LogP contribution < -0.4 is 10.3 Å². The third-order valence-corrected chi connectivity index (χ3v) is 3.00. The van der Waals surface area contributed by atoms with Gasteiger partial charge in [0.05, 0.1) is 25.5 Å². The van der Waals surface area contributed by atoms with Crippen LogP contribution in [0.25, 0.3) is 0 Å². The van der Waals surface area contributed by atoms with Crippen LogP contribution in [-0.4, -0.2) is 21.6 Å². The van der Waals surface area contributed by atoms with Gasteiger partial charge in [-0.05, 0) is 0 Å². The second kappa shape index (κ2) is 4.63. The van der Waals surface area contributed by atoms with Crippen molar-refractivity contribution in [1.29, 1.82) is 0 Å². The zero-order chi connectivity index (χ0) is 11.5. The number of rotatable bonds is 3. The maximum absolute atomic E-state index is 11.8. The van der Waals surface area contributed by atoms with E-state index in [4.69, 9.17) is 16.3 Å². The average Bonchev–Trinajstić information content (AvgIpc) is 2.76. The standard InChI is InChI=1S/C9H8ClN3O2S/c1-15-7-8(10)12-4-13(9(7)14)3-6-2-11-5-16-6/h2,4-5H,3H2,1H3. The summed E-state index contributed by atoms with van der Waals surface area (Å²) in [6, 6.07) is 0. The summed E-state index contributed by atoms with van der Waals surface area (Å²) < 4.78 is 6.32. The van der Waals surface area contributed by atoms with E-state index in [9.17, 15) is 4.79 Å². The Balaban J connectivity index is 2.39. The largest absolute Gasteiger partial charge is 0.489 e. The summed E-state index contributed by atoms with van der Waals surface area (Å²) in [5, 5.41) is 0.0769. The number of aromatic nitrogens is 3. The van der Waals surface area contributed by atoms with E-state index in [1.165, 1.54) is 29.3 Å². The molecule has 16 heavy (non-hydrogen) atoms. The molecule has 5 nitrogen and oxygen atoms in total. The van der Waals surface area contributed by atoms with Gasteiger partial charge in [0.2, 0.25) is 5.75 Å². The Morgan fingerprint density at radius 2 is 2.44 bits per heavy atom. The van der Waals surface area contributed by atoms with E-state index >= 15 is 0 Å². The zero-order valence-corrected chi connectivity index (χ0v) is 9.96. The van der Waals surface area contributed by atoms with Crippen LogP contribution in [0, 0.1) is 0 Å². The highest BCUT2D eigenvalue weighted by atomic mass is 35.5. The highest BCUT2D eigenvalue weighted by molar-refractivity contribution is 7.09. The summed E-state index contributed by atoms with van der Waals surface area (Å²) in [5.41, 5.74) is 1.41. The molecule has 84 valence electrons. The van der Waals surface area contributed by atoms with Gasteiger partial charge in [-0.1, -0.05) is 11.6 Å². The van der Waals surface area contributed by atoms with Crippen molar-refractivity contribution in [2.24, 2.45) is 0 Å². The summed E-state index contributed by atoms with van der Waals surface area (Å²) in [7, 11) is 1.39. The lowest BCUT2D eigenvalue weighted by Gasteiger charge is -2.06. The summed E-state index contributed by atoms with van der Waals surface area (Å²) in [6.07, 6.45) is 3.10. The molecule has 0 aliphatic carbocycles. The normalized spacial score (nSPS) is 10.4. The molecule has 2 aromatic rings. The third kappa shape index (κ3) is 2.07. The predicted molar refractivity (Wildman–Crippen MR) is 61.3 cm³/mol. The molecular weight excluding hydrogens is 250 g/mol. The van der Waals surface area contributed by atoms with Crippen LogP contribution in [0.15, 0.2) is 22.8 Å². The van der Waals surface area contributed by atoms with Gasteiger partial charge in [0.1, 0.15) is 0 Å². The summed E-state index contributed by atoms with van der Waals surface area (Å²) >= 11 is 7.20. The summed E-state index contributed by atoms with van der Waals surface area (Å²) in [6.45, 7) is 0.421. The van der Waals surface area contributed by atoms with E-state index in [2.05, 4.69) is 9.97 Å². The molecule has 0 spiro atoms. The Morgan fingerprint density at radius 1 is 1.62 bits per heavy atom. The lowest BCUT2D eigenvalue weighted by molar-refractivity contribution is 0.401. The van der Waals surface area contributed by atoms with Gasteiger partial charge in [-0.3, -0.25) is 14.3 Å². The topological polar surface area (TPSA) is 57.0 Å². The molecule has 2 rings (SSSR count). The number of nitrogens with zero attached hydrogens (tertiary/aromatic N) is 3. The molecule has 0 aliphatic rings. The average molecular weight is 258 g/mol. The van der Waals surface area contributed by atoms with Crippen molar-refractivity contribution in [3.05, 3.63) is 38.4 Å². The van der Waals surface area contributed by atoms with E-state index in [0.29, 0.717) is 6.54 Å². The Hall–Kier alpha value is -1.40. The smallest absolute Gasteiger partial charge is 0.297 e. The minimum atomic E-state index is -0.295. The SMILES string of the molecule is COc1c(Cl)ncn(Cc2cncs2)c1=O. The fourth-order valence-electron chi connectivity index (χ4n) is 1.22. The highest BCUT2D eigenvalue weighted by Gasteiger charge is 2.10. The van der Waals surface area contributed by atoms with Crippen molar-refractivity contribution in [3.63, 3.8) is 0 Å². The maximum atomic E-state index is 11.8. The van der Waals surface area contributed by atoms with Crippen molar-refractivity contribution >= 4 is 22.9 Å². The molecule has 0 N–H and O–H groups in total. The van der Waals surface area contributed by atoms with E-state index in [1.807, 2.05) is 0 Å². The summed E-state index contributed by atoms with van der Waals surface area (Å²) in [5.74, 6) is 0.0636. The molecule has 2 heterocycles. The van der Waals surface area contributed by atoms with Crippen molar-refractivity contribution in [1.82, 2.24) is 14.5 Å². The molecule has 0 atom stereocenters. The van der Waals surface area contributed by atoms with E-state index in [0.717, 1.165) is 4.88 Å². The molecule has 7 heteroatoms. The third-order valence-electron chi connectivity index (χ3n) is 1.97. The maximum Gasteiger partial charge on any atom is 0.297 e. The molecule has 0 fully saturated rings. The van der Waals surface area contributed by atoms with Gasteiger partial charge in [-0.15, -0.1) is 11.3 Å². The number of methoxy groups -OCH3 is 1. The molecule has 0 amide bonds. The van der Waals surface area contributed by atoms with Gasteiger partial charge >= 0.3 is 0 Å². The molecule has 0 radical (unpaired) electrons. The van der Waals surface area contributed by atoms with Gasteiger partial charge in [-0.25, -0.2) is 4.98 Å². The first kappa shape index (κ1) is 11.1. The van der Waals surface area contributed by atoms with E-state index in [-0.39, 0.29) is 16.5 Å². The molecular formula is C9H8ClN3O2S. The summed E-state index contributed by atoms with van der Waals surface area (Å²) in [4.78, 5) is 20.6. The molecule has 2 aromatic heterocycles. The van der Waals surface area contributed by atoms with E-state index in [1.54, 1.807) is 11.7 Å². The molecule has 0 bridgehead atoms. The minimum Gasteiger partial charge on any atom is -0.489 e. The van der Waals surface area contributed by atoms with Crippen molar-refractivity contribution in [2.75, 3.05) is 7.11 Å². The molecule has 0 unspecified atom stereocenters. The second-order valence-corrected chi connectivity index (χ2v) is 4.30. The van der Waals surface area contributed by atoms with Crippen molar-refractivity contribution in [2.45, 2.75) is 6.54 Å². The van der Waals surface area contributed by atoms with Gasteiger partial charge in [-0.2, -0.15) is 0 Å². The predicted octanol–water partition coefficient (Wildman–Crippen LogP) is 1.41. The van der Waals surface area contributed by atoms with Crippen LogP contribution in [0.2, 0.25) is 5.15 Å². The number of thiazole rings is 1. The molecule has 0 aromatic carbocycles. The Kier molecular flexibility index (Phi) is 3.21. The Labute approximate surface area is 100 Å². The van der Waals surface area contributed by atoms with Crippen LogP contribution in [0.3, 0.4) is 0 Å². The Bertz CT molecular complexity index is 538. The fraction of sp³-hybridized carbons (Fsp3) is 0.222. The van der Waals surface area contributed by atoms with Gasteiger partial charge in [0.15, 0.2) is 5.15 Å². The van der Waals surface area contributed by atoms with Crippen molar-refractivity contribution < 1.29 is 4.74 Å². The van der Waals surface area contributed by atoms with Crippen molar-refractivity contribution in [3.8, 4) is 5.75 Å². The molecule has 0 aliphatic heterocycles. The van der Waals surface area contributed by atoms with Crippen LogP contribution in [0.4, 0.5) is 0 Å². The zero-order valence-electron chi connectivity index (χ0n) is 8.38. The van der Waals surface area contributed by atoms with Gasteiger partial charge in [0, 0.05) is 11.1 Å². The highest BCUT2D eigenvalue weighted by Crippen LogP contribution is 2.15. The number of hydrogen-bond donors (Lipinski definition) is 0. The lowest BCUT2D eigenvalue weighted by atomic mass is 10.5. The number of halogens is 1. The van der Waals surface area contributed by atoms with Crippen LogP contribution in [-0.2, 0) is 6.54 Å². The monoisotopic (exact) mass is 257 g/mol. The van der Waals surface area contributed by atoms with Gasteiger partial charge in [0.25, 0.3) is 5.56 Å². The molecule has 0 saturated heterocycles. The second-order valence-electron chi connectivity index (χ2n) is 2.97. The van der Waals surface area contributed by atoms with Crippen LogP contribution in [0.5, 0.6) is 5.75 Å². The quantitative estimate of drug-likeness (QED) is 0.780. The first-order chi connectivity index (χ1) is 7.72. The first-order valence-electron chi connectivity index (χ1n) is 4.38. The fourth-order valence-corrected chi connectivity index (χ4v) is 2.02. The van der Waals surface area contributed by atoms with Crippen LogP contribution in [0.1, 0.15) is 4.88 Å². The van der Waals surface area contributed by atoms with E-state index < -0.39 is 0 Å². The minimum absolute atomic E-state index is 0.0636. The van der Waals surface area contributed by atoms with Crippen LogP contribution >= 0.6 is 22.9 Å². The Morgan fingerprint density at radius 3 is 3.06 bits per heavy atom.